The zero-order valence-corrected chi connectivity index (χ0v) is 24.1. The van der Waals surface area contributed by atoms with E-state index in [-0.39, 0.29) is 34.7 Å². The Balaban J connectivity index is 2.06. The van der Waals surface area contributed by atoms with Crippen LogP contribution in [0, 0.1) is 0 Å². The molecule has 0 amide bonds. The van der Waals surface area contributed by atoms with Crippen molar-refractivity contribution in [3.63, 3.8) is 0 Å². The van der Waals surface area contributed by atoms with E-state index in [9.17, 15) is 23.1 Å². The minimum absolute atomic E-state index is 0.0772. The molecule has 1 aliphatic rings. The average molecular weight is 553 g/mol. The van der Waals surface area contributed by atoms with Crippen molar-refractivity contribution in [1.82, 2.24) is 0 Å². The van der Waals surface area contributed by atoms with Crippen LogP contribution in [-0.4, -0.2) is 57.6 Å². The molecule has 0 fully saturated rings. The minimum Gasteiger partial charge on any atom is -0.616 e. The van der Waals surface area contributed by atoms with Crippen LogP contribution >= 0.6 is 0 Å². The second kappa shape index (κ2) is 14.5. The lowest BCUT2D eigenvalue weighted by Gasteiger charge is -2.32. The van der Waals surface area contributed by atoms with Crippen molar-refractivity contribution in [3.05, 3.63) is 58.2 Å². The summed E-state index contributed by atoms with van der Waals surface area (Å²) in [4.78, 5) is 17.5. The largest absolute Gasteiger partial charge is 0.616 e. The summed E-state index contributed by atoms with van der Waals surface area (Å²) < 4.78 is 53.2. The number of methoxy groups -OCH3 is 1. The van der Waals surface area contributed by atoms with Gasteiger partial charge in [-0.15, -0.1) is 0 Å². The quantitative estimate of drug-likeness (QED) is 0.121. The Kier molecular flexibility index (Phi) is 12.1. The average Bonchev–Trinajstić information content (AvgIpc) is 2.85. The highest BCUT2D eigenvalue weighted by molar-refractivity contribution is 6.06. The van der Waals surface area contributed by atoms with E-state index in [0.717, 1.165) is 36.9 Å². The predicted molar refractivity (Wildman–Crippen MR) is 145 cm³/mol. The predicted octanol–water partition coefficient (Wildman–Crippen LogP) is 6.13. The smallest absolute Gasteiger partial charge is 0.416 e. The maximum atomic E-state index is 13.9. The van der Waals surface area contributed by atoms with E-state index < -0.39 is 29.6 Å². The number of halogens is 3. The van der Waals surface area contributed by atoms with Crippen molar-refractivity contribution in [2.45, 2.75) is 77.3 Å². The molecular formula is C30H43F3N2O4. The van der Waals surface area contributed by atoms with E-state index in [1.165, 1.54) is 64.3 Å². The van der Waals surface area contributed by atoms with Crippen LogP contribution in [0.15, 0.2) is 52.0 Å². The number of alkyl halides is 3. The Labute approximate surface area is 230 Å². The fraction of sp³-hybridized carbons (Fsp3) is 0.600. The summed E-state index contributed by atoms with van der Waals surface area (Å²) in [6.45, 7) is 4.37. The van der Waals surface area contributed by atoms with Crippen LogP contribution in [0.5, 0.6) is 0 Å². The number of rotatable bonds is 14. The van der Waals surface area contributed by atoms with Crippen molar-refractivity contribution in [2.24, 2.45) is 4.99 Å². The van der Waals surface area contributed by atoms with E-state index in [0.29, 0.717) is 6.42 Å². The number of ether oxygens (including phenoxy) is 2. The summed E-state index contributed by atoms with van der Waals surface area (Å²) >= 11 is 0. The first kappa shape index (κ1) is 32.4. The number of hydrogen-bond donors (Lipinski definition) is 0. The maximum Gasteiger partial charge on any atom is 0.416 e. The van der Waals surface area contributed by atoms with Crippen LogP contribution in [0.2, 0.25) is 0 Å². The van der Waals surface area contributed by atoms with Crippen LogP contribution < -0.4 is 5.11 Å². The second-order valence-electron chi connectivity index (χ2n) is 11.1. The Morgan fingerprint density at radius 1 is 0.974 bits per heavy atom. The lowest BCUT2D eigenvalue weighted by Crippen LogP contribution is -2.35. The van der Waals surface area contributed by atoms with Gasteiger partial charge in [0.2, 0.25) is 0 Å². The molecule has 0 aromatic heterocycles. The third-order valence-electron chi connectivity index (χ3n) is 6.85. The summed E-state index contributed by atoms with van der Waals surface area (Å²) in [5, 5.41) is 12.7. The molecule has 1 aliphatic heterocycles. The molecule has 2 rings (SSSR count). The number of unbranched alkanes of at least 4 members (excludes halogenated alkanes) is 7. The lowest BCUT2D eigenvalue weighted by atomic mass is 9.78. The molecule has 218 valence electrons. The van der Waals surface area contributed by atoms with Gasteiger partial charge >= 0.3 is 12.1 Å². The van der Waals surface area contributed by atoms with Gasteiger partial charge < -0.3 is 19.1 Å². The number of esters is 1. The summed E-state index contributed by atoms with van der Waals surface area (Å²) in [7, 11) is 7.74. The Morgan fingerprint density at radius 2 is 1.54 bits per heavy atom. The van der Waals surface area contributed by atoms with E-state index in [2.05, 4.69) is 26.1 Å². The van der Waals surface area contributed by atoms with Gasteiger partial charge in [0.1, 0.15) is 0 Å². The Morgan fingerprint density at radius 3 is 2.10 bits per heavy atom. The number of hydrogen-bond acceptors (Lipinski definition) is 5. The van der Waals surface area contributed by atoms with Crippen molar-refractivity contribution < 1.29 is 37.0 Å². The van der Waals surface area contributed by atoms with E-state index in [1.54, 1.807) is 0 Å². The number of carbonyl (C=O) groups excluding carboxylic acids is 1. The third kappa shape index (κ3) is 9.71. The minimum atomic E-state index is -4.69. The van der Waals surface area contributed by atoms with E-state index in [1.807, 2.05) is 0 Å². The number of allylic oxidation sites excluding steroid dienone is 2. The molecule has 1 heterocycles. The van der Waals surface area contributed by atoms with Gasteiger partial charge in [0, 0.05) is 22.9 Å². The number of nitrogens with zero attached hydrogens (tertiary/aromatic N) is 2. The van der Waals surface area contributed by atoms with Crippen molar-refractivity contribution in [1.29, 1.82) is 0 Å². The van der Waals surface area contributed by atoms with Crippen LogP contribution in [-0.2, 0) is 20.4 Å². The standard InChI is InChI=1S/C30H43F3N2O4/c1-21-25(28(36)38-6)27(23-17-13-14-18-24(23)30(31,32)33)26(22(2)34-21)29(37)39-20-16-12-10-8-7-9-11-15-19-35(3,4)5/h13-14,17-18,27H,7-12,15-16,19-20H2,1-6H3. The summed E-state index contributed by atoms with van der Waals surface area (Å²) in [5.74, 6) is -2.92. The molecule has 39 heavy (non-hydrogen) atoms. The third-order valence-corrected chi connectivity index (χ3v) is 6.85. The Bertz CT molecular complexity index is 1070. The van der Waals surface area contributed by atoms with Crippen LogP contribution in [0.1, 0.15) is 82.3 Å². The molecule has 0 saturated heterocycles. The molecule has 1 atom stereocenters. The van der Waals surface area contributed by atoms with Crippen molar-refractivity contribution >= 4 is 11.7 Å². The van der Waals surface area contributed by atoms with Crippen LogP contribution in [0.4, 0.5) is 13.2 Å². The molecule has 6 nitrogen and oxygen atoms in total. The number of quaternary nitrogens is 1. The topological polar surface area (TPSA) is 71.0 Å². The van der Waals surface area contributed by atoms with Crippen molar-refractivity contribution in [2.75, 3.05) is 41.4 Å². The van der Waals surface area contributed by atoms with E-state index in [4.69, 9.17) is 9.47 Å². The van der Waals surface area contributed by atoms with Gasteiger partial charge in [-0.25, -0.2) is 4.79 Å². The molecular weight excluding hydrogens is 509 g/mol. The highest BCUT2D eigenvalue weighted by Gasteiger charge is 2.41. The fourth-order valence-electron chi connectivity index (χ4n) is 4.88. The monoisotopic (exact) mass is 552 g/mol. The molecule has 0 N–H and O–H groups in total. The lowest BCUT2D eigenvalue weighted by molar-refractivity contribution is -0.870. The van der Waals surface area contributed by atoms with Gasteiger partial charge in [0.15, 0.2) is 0 Å². The highest BCUT2D eigenvalue weighted by atomic mass is 19.4. The number of carbonyl (C=O) groups is 1. The molecule has 9 heteroatoms. The molecule has 0 bridgehead atoms. The van der Waals surface area contributed by atoms with Crippen LogP contribution in [0.25, 0.3) is 0 Å². The van der Waals surface area contributed by atoms with E-state index >= 15 is 0 Å². The number of aliphatic imine (C=N–C) groups is 1. The molecule has 1 aromatic carbocycles. The molecule has 0 radical (unpaired) electrons. The SMILES string of the molecule is CO/C([O-])=C1\C(C)=NC(C)=C(C(=O)OCCCCCCCCCC[N+](C)(C)C)C1c1ccccc1C(F)(F)F. The van der Waals surface area contributed by atoms with Gasteiger partial charge in [0.05, 0.1) is 51.4 Å². The zero-order chi connectivity index (χ0) is 29.2. The molecule has 1 aromatic rings. The van der Waals surface area contributed by atoms with Gasteiger partial charge in [-0.1, -0.05) is 50.3 Å². The normalized spacial score (nSPS) is 17.7. The fourth-order valence-corrected chi connectivity index (χ4v) is 4.88. The molecule has 0 spiro atoms. The first-order valence-corrected chi connectivity index (χ1v) is 13.6. The Hall–Kier alpha value is -2.81. The zero-order valence-electron chi connectivity index (χ0n) is 24.1. The maximum absolute atomic E-state index is 13.9. The number of benzene rings is 1. The summed E-state index contributed by atoms with van der Waals surface area (Å²) in [6.07, 6.45) is 3.84. The molecule has 1 unspecified atom stereocenters. The van der Waals surface area contributed by atoms with Crippen LogP contribution in [0.3, 0.4) is 0 Å². The summed E-state index contributed by atoms with van der Waals surface area (Å²) in [5.41, 5.74) is -0.901. The second-order valence-corrected chi connectivity index (χ2v) is 11.1. The first-order chi connectivity index (χ1) is 18.3. The molecule has 0 aliphatic carbocycles. The first-order valence-electron chi connectivity index (χ1n) is 13.6. The van der Waals surface area contributed by atoms with Gasteiger partial charge in [-0.3, -0.25) is 4.99 Å². The van der Waals surface area contributed by atoms with Crippen molar-refractivity contribution in [3.8, 4) is 0 Å². The van der Waals surface area contributed by atoms with Gasteiger partial charge in [-0.05, 0) is 51.8 Å². The highest BCUT2D eigenvalue weighted by Crippen LogP contribution is 2.44. The molecule has 0 saturated carbocycles. The van der Waals surface area contributed by atoms with Gasteiger partial charge in [0.25, 0.3) is 0 Å². The van der Waals surface area contributed by atoms with Gasteiger partial charge in [-0.2, -0.15) is 13.2 Å². The summed E-state index contributed by atoms with van der Waals surface area (Å²) in [6, 6.07) is 4.93.